The Hall–Kier alpha value is -1.42. The second-order valence-electron chi connectivity index (χ2n) is 3.98. The summed E-state index contributed by atoms with van der Waals surface area (Å²) in [4.78, 5) is 12.1. The van der Waals surface area contributed by atoms with Crippen LogP contribution in [0.3, 0.4) is 0 Å². The molecule has 3 nitrogen and oxygen atoms in total. The number of hydrogen-bond donors (Lipinski definition) is 2. The quantitative estimate of drug-likeness (QED) is 0.759. The number of nitrogens with one attached hydrogen (secondary N) is 2. The first-order valence-electron chi connectivity index (χ1n) is 5.28. The molecule has 2 rings (SSSR count). The lowest BCUT2D eigenvalue weighted by Gasteiger charge is -2.15. The smallest absolute Gasteiger partial charge is 0.236 e. The molecule has 0 radical (unpaired) electrons. The minimum absolute atomic E-state index is 0.00181. The van der Waals surface area contributed by atoms with Crippen LogP contribution in [0, 0.1) is 0 Å². The largest absolute Gasteiger partial charge is 0.365 e. The molecule has 0 aromatic heterocycles. The number of benzene rings is 1. The van der Waals surface area contributed by atoms with Crippen molar-refractivity contribution < 1.29 is 4.79 Å². The highest BCUT2D eigenvalue weighted by Crippen LogP contribution is 2.48. The van der Waals surface area contributed by atoms with Crippen molar-refractivity contribution in [3.05, 3.63) is 35.9 Å². The molecule has 84 valence electrons. The molecule has 0 saturated heterocycles. The highest BCUT2D eigenvalue weighted by atomic mass is 32.1. The minimum atomic E-state index is -0.345. The molecule has 1 aliphatic carbocycles. The van der Waals surface area contributed by atoms with E-state index in [1.807, 2.05) is 30.3 Å². The van der Waals surface area contributed by atoms with E-state index in [1.54, 1.807) is 7.05 Å². The zero-order valence-corrected chi connectivity index (χ0v) is 9.93. The fraction of sp³-hybridized carbons (Fsp3) is 0.333. The van der Waals surface area contributed by atoms with Crippen LogP contribution in [0.25, 0.3) is 0 Å². The predicted octanol–water partition coefficient (Wildman–Crippen LogP) is 1.34. The van der Waals surface area contributed by atoms with E-state index in [-0.39, 0.29) is 11.3 Å². The van der Waals surface area contributed by atoms with Gasteiger partial charge in [-0.25, -0.2) is 0 Å². The fourth-order valence-corrected chi connectivity index (χ4v) is 1.91. The Bertz CT molecular complexity index is 412. The SMILES string of the molecule is CNC(=S)NC(=O)C1(c2ccccc2)CC1. The average Bonchev–Trinajstić information content (AvgIpc) is 3.11. The van der Waals surface area contributed by atoms with Crippen molar-refractivity contribution in [1.29, 1.82) is 0 Å². The Morgan fingerprint density at radius 3 is 2.44 bits per heavy atom. The summed E-state index contributed by atoms with van der Waals surface area (Å²) in [6, 6.07) is 9.86. The van der Waals surface area contributed by atoms with Crippen LogP contribution in [0.2, 0.25) is 0 Å². The molecule has 2 N–H and O–H groups in total. The Kier molecular flexibility index (Phi) is 2.92. The van der Waals surface area contributed by atoms with Gasteiger partial charge in [0.2, 0.25) is 5.91 Å². The summed E-state index contributed by atoms with van der Waals surface area (Å²) in [7, 11) is 1.70. The minimum Gasteiger partial charge on any atom is -0.365 e. The lowest BCUT2D eigenvalue weighted by atomic mass is 9.95. The van der Waals surface area contributed by atoms with E-state index in [0.29, 0.717) is 5.11 Å². The number of carbonyl (C=O) groups excluding carboxylic acids is 1. The monoisotopic (exact) mass is 234 g/mol. The Morgan fingerprint density at radius 1 is 1.31 bits per heavy atom. The highest BCUT2D eigenvalue weighted by molar-refractivity contribution is 7.80. The van der Waals surface area contributed by atoms with E-state index >= 15 is 0 Å². The number of carbonyl (C=O) groups is 1. The zero-order valence-electron chi connectivity index (χ0n) is 9.12. The number of rotatable bonds is 2. The Morgan fingerprint density at radius 2 is 1.94 bits per heavy atom. The van der Waals surface area contributed by atoms with E-state index in [0.717, 1.165) is 18.4 Å². The topological polar surface area (TPSA) is 41.1 Å². The number of thiocarbonyl (C=S) groups is 1. The van der Waals surface area contributed by atoms with Gasteiger partial charge in [-0.1, -0.05) is 30.3 Å². The Labute approximate surface area is 100 Å². The van der Waals surface area contributed by atoms with Crippen molar-refractivity contribution >= 4 is 23.2 Å². The molecule has 0 heterocycles. The first kappa shape index (κ1) is 11.1. The molecule has 1 aliphatic rings. The van der Waals surface area contributed by atoms with Gasteiger partial charge in [0, 0.05) is 7.05 Å². The van der Waals surface area contributed by atoms with E-state index in [1.165, 1.54) is 0 Å². The van der Waals surface area contributed by atoms with Gasteiger partial charge in [-0.15, -0.1) is 0 Å². The lowest BCUT2D eigenvalue weighted by molar-refractivity contribution is -0.122. The molecule has 0 unspecified atom stereocenters. The molecule has 4 heteroatoms. The summed E-state index contributed by atoms with van der Waals surface area (Å²) >= 11 is 4.94. The van der Waals surface area contributed by atoms with E-state index < -0.39 is 0 Å². The van der Waals surface area contributed by atoms with Crippen LogP contribution in [-0.4, -0.2) is 18.1 Å². The van der Waals surface area contributed by atoms with Crippen LogP contribution < -0.4 is 10.6 Å². The van der Waals surface area contributed by atoms with Crippen LogP contribution in [0.4, 0.5) is 0 Å². The normalized spacial score (nSPS) is 16.3. The van der Waals surface area contributed by atoms with Crippen molar-refractivity contribution in [1.82, 2.24) is 10.6 Å². The summed E-state index contributed by atoms with van der Waals surface area (Å²) in [5.41, 5.74) is 0.730. The van der Waals surface area contributed by atoms with Crippen molar-refractivity contribution in [2.75, 3.05) is 7.05 Å². The molecular weight excluding hydrogens is 220 g/mol. The van der Waals surface area contributed by atoms with Gasteiger partial charge in [-0.05, 0) is 30.6 Å². The maximum atomic E-state index is 12.1. The molecule has 1 saturated carbocycles. The maximum absolute atomic E-state index is 12.1. The molecule has 0 aliphatic heterocycles. The van der Waals surface area contributed by atoms with Crippen LogP contribution >= 0.6 is 12.2 Å². The maximum Gasteiger partial charge on any atom is 0.236 e. The van der Waals surface area contributed by atoms with Gasteiger partial charge in [0.05, 0.1) is 5.41 Å². The van der Waals surface area contributed by atoms with Gasteiger partial charge in [-0.3, -0.25) is 4.79 Å². The summed E-state index contributed by atoms with van der Waals surface area (Å²) in [5.74, 6) is -0.00181. The first-order valence-corrected chi connectivity index (χ1v) is 5.68. The number of amides is 1. The zero-order chi connectivity index (χ0) is 11.6. The van der Waals surface area contributed by atoms with Crippen LogP contribution in [0.5, 0.6) is 0 Å². The van der Waals surface area contributed by atoms with Gasteiger partial charge in [-0.2, -0.15) is 0 Å². The third-order valence-corrected chi connectivity index (χ3v) is 3.27. The summed E-state index contributed by atoms with van der Waals surface area (Å²) in [6.07, 6.45) is 1.80. The molecule has 1 aromatic rings. The third-order valence-electron chi connectivity index (χ3n) is 2.97. The first-order chi connectivity index (χ1) is 7.69. The van der Waals surface area contributed by atoms with E-state index in [4.69, 9.17) is 12.2 Å². The highest BCUT2D eigenvalue weighted by Gasteiger charge is 2.51. The molecule has 0 atom stereocenters. The van der Waals surface area contributed by atoms with Crippen molar-refractivity contribution in [3.8, 4) is 0 Å². The third kappa shape index (κ3) is 1.93. The van der Waals surface area contributed by atoms with E-state index in [9.17, 15) is 4.79 Å². The molecule has 0 spiro atoms. The average molecular weight is 234 g/mol. The van der Waals surface area contributed by atoms with Gasteiger partial charge >= 0.3 is 0 Å². The van der Waals surface area contributed by atoms with Gasteiger partial charge in [0.1, 0.15) is 0 Å². The molecule has 1 fully saturated rings. The Balaban J connectivity index is 2.15. The second kappa shape index (κ2) is 4.22. The molecule has 16 heavy (non-hydrogen) atoms. The summed E-state index contributed by atoms with van der Waals surface area (Å²) in [6.45, 7) is 0. The molecule has 0 bridgehead atoms. The van der Waals surface area contributed by atoms with Crippen LogP contribution in [0.1, 0.15) is 18.4 Å². The van der Waals surface area contributed by atoms with Crippen molar-refractivity contribution in [2.24, 2.45) is 0 Å². The molecular formula is C12H14N2OS. The summed E-state index contributed by atoms with van der Waals surface area (Å²) in [5, 5.41) is 5.84. The predicted molar refractivity (Wildman–Crippen MR) is 67.2 cm³/mol. The molecule has 1 amide bonds. The van der Waals surface area contributed by atoms with Crippen LogP contribution in [-0.2, 0) is 10.2 Å². The van der Waals surface area contributed by atoms with Gasteiger partial charge in [0.15, 0.2) is 5.11 Å². The number of hydrogen-bond acceptors (Lipinski definition) is 2. The van der Waals surface area contributed by atoms with Gasteiger partial charge in [0.25, 0.3) is 0 Å². The van der Waals surface area contributed by atoms with E-state index in [2.05, 4.69) is 10.6 Å². The molecule has 1 aromatic carbocycles. The van der Waals surface area contributed by atoms with Gasteiger partial charge < -0.3 is 10.6 Å². The van der Waals surface area contributed by atoms with Crippen molar-refractivity contribution in [3.63, 3.8) is 0 Å². The second-order valence-corrected chi connectivity index (χ2v) is 4.39. The summed E-state index contributed by atoms with van der Waals surface area (Å²) < 4.78 is 0. The lowest BCUT2D eigenvalue weighted by Crippen LogP contribution is -2.43. The standard InChI is InChI=1S/C12H14N2OS/c1-13-11(16)14-10(15)12(7-8-12)9-5-3-2-4-6-9/h2-6H,7-8H2,1H3,(H2,13,14,15,16). The van der Waals surface area contributed by atoms with Crippen molar-refractivity contribution in [2.45, 2.75) is 18.3 Å². The van der Waals surface area contributed by atoms with Crippen LogP contribution in [0.15, 0.2) is 30.3 Å². The fourth-order valence-electron chi connectivity index (χ4n) is 1.81.